The Morgan fingerprint density at radius 1 is 1.38 bits per heavy atom. The van der Waals surface area contributed by atoms with Gasteiger partial charge in [0.15, 0.2) is 0 Å². The predicted molar refractivity (Wildman–Crippen MR) is 51.8 cm³/mol. The second kappa shape index (κ2) is 4.98. The highest BCUT2D eigenvalue weighted by atomic mass is 16.6. The van der Waals surface area contributed by atoms with Crippen molar-refractivity contribution in [2.24, 2.45) is 4.99 Å². The van der Waals surface area contributed by atoms with E-state index in [2.05, 4.69) is 9.73 Å². The molecule has 13 heavy (non-hydrogen) atoms. The van der Waals surface area contributed by atoms with Gasteiger partial charge in [0.25, 0.3) is 5.95 Å². The van der Waals surface area contributed by atoms with E-state index in [0.29, 0.717) is 0 Å². The first-order chi connectivity index (χ1) is 6.33. The average molecular weight is 177 g/mol. The first-order valence-corrected chi connectivity index (χ1v) is 3.84. The fraction of sp³-hybridized carbons (Fsp3) is 0.100. The van der Waals surface area contributed by atoms with E-state index in [4.69, 9.17) is 5.11 Å². The molecule has 3 heteroatoms. The number of hydrogen-bond donors (Lipinski definition) is 1. The Labute approximate surface area is 77.0 Å². The lowest BCUT2D eigenvalue weighted by Gasteiger charge is -1.92. The van der Waals surface area contributed by atoms with Crippen LogP contribution in [0.2, 0.25) is 0 Å². The van der Waals surface area contributed by atoms with Crippen LogP contribution in [0.5, 0.6) is 0 Å². The Bertz CT molecular complexity index is 304. The van der Waals surface area contributed by atoms with Crippen LogP contribution >= 0.6 is 0 Å². The van der Waals surface area contributed by atoms with E-state index in [0.717, 1.165) is 5.56 Å². The van der Waals surface area contributed by atoms with Gasteiger partial charge in [0, 0.05) is 6.21 Å². The Balaban J connectivity index is 2.60. The summed E-state index contributed by atoms with van der Waals surface area (Å²) in [7, 11) is 1.38. The van der Waals surface area contributed by atoms with E-state index < -0.39 is 0 Å². The number of benzene rings is 1. The minimum Gasteiger partial charge on any atom is -0.480 e. The van der Waals surface area contributed by atoms with E-state index in [1.165, 1.54) is 13.3 Å². The van der Waals surface area contributed by atoms with E-state index in [1.54, 1.807) is 6.21 Å². The van der Waals surface area contributed by atoms with Gasteiger partial charge < -0.3 is 9.84 Å². The summed E-state index contributed by atoms with van der Waals surface area (Å²) in [6.45, 7) is 0. The summed E-state index contributed by atoms with van der Waals surface area (Å²) in [6.07, 6.45) is 2.88. The van der Waals surface area contributed by atoms with Crippen LogP contribution in [0.25, 0.3) is 0 Å². The van der Waals surface area contributed by atoms with E-state index in [-0.39, 0.29) is 5.95 Å². The molecule has 3 nitrogen and oxygen atoms in total. The van der Waals surface area contributed by atoms with Crippen LogP contribution in [0.1, 0.15) is 5.56 Å². The normalized spacial score (nSPS) is 11.9. The van der Waals surface area contributed by atoms with Crippen molar-refractivity contribution in [2.45, 2.75) is 0 Å². The number of rotatable bonds is 3. The highest BCUT2D eigenvalue weighted by Gasteiger charge is 1.84. The standard InChI is InChI=1S/C10H11NO2/c1-13-10(12)8-11-7-9-5-3-2-4-6-9/h2-8,12H,1H3/b10-8-,11-7?. The minimum absolute atomic E-state index is 0.202. The van der Waals surface area contributed by atoms with Crippen molar-refractivity contribution in [1.82, 2.24) is 0 Å². The van der Waals surface area contributed by atoms with Crippen molar-refractivity contribution in [3.05, 3.63) is 48.0 Å². The van der Waals surface area contributed by atoms with E-state index in [9.17, 15) is 0 Å². The molecule has 0 spiro atoms. The maximum absolute atomic E-state index is 8.86. The number of aliphatic imine (C=N–C) groups is 1. The van der Waals surface area contributed by atoms with E-state index >= 15 is 0 Å². The first-order valence-electron chi connectivity index (χ1n) is 3.84. The summed E-state index contributed by atoms with van der Waals surface area (Å²) >= 11 is 0. The molecule has 0 unspecified atom stereocenters. The molecule has 0 fully saturated rings. The highest BCUT2D eigenvalue weighted by Crippen LogP contribution is 1.95. The highest BCUT2D eigenvalue weighted by molar-refractivity contribution is 5.79. The number of hydrogen-bond acceptors (Lipinski definition) is 3. The number of aliphatic hydroxyl groups is 1. The largest absolute Gasteiger partial charge is 0.480 e. The molecular formula is C10H11NO2. The monoisotopic (exact) mass is 177 g/mol. The van der Waals surface area contributed by atoms with Gasteiger partial charge in [-0.05, 0) is 5.56 Å². The quantitative estimate of drug-likeness (QED) is 0.567. The van der Waals surface area contributed by atoms with Gasteiger partial charge in [0.05, 0.1) is 7.11 Å². The Hall–Kier alpha value is -1.77. The third-order valence-corrected chi connectivity index (χ3v) is 1.42. The summed E-state index contributed by atoms with van der Waals surface area (Å²) < 4.78 is 4.49. The summed E-state index contributed by atoms with van der Waals surface area (Å²) in [5.41, 5.74) is 0.975. The maximum Gasteiger partial charge on any atom is 0.295 e. The number of nitrogens with zero attached hydrogens (tertiary/aromatic N) is 1. The van der Waals surface area contributed by atoms with Crippen molar-refractivity contribution in [3.63, 3.8) is 0 Å². The number of ether oxygens (including phenoxy) is 1. The molecule has 0 atom stereocenters. The Morgan fingerprint density at radius 3 is 2.69 bits per heavy atom. The lowest BCUT2D eigenvalue weighted by atomic mass is 10.2. The fourth-order valence-corrected chi connectivity index (χ4v) is 0.779. The fourth-order valence-electron chi connectivity index (χ4n) is 0.779. The van der Waals surface area contributed by atoms with E-state index in [1.807, 2.05) is 30.3 Å². The van der Waals surface area contributed by atoms with Crippen LogP contribution in [0.3, 0.4) is 0 Å². The van der Waals surface area contributed by atoms with Crippen LogP contribution < -0.4 is 0 Å². The second-order valence-electron chi connectivity index (χ2n) is 2.36. The smallest absolute Gasteiger partial charge is 0.295 e. The van der Waals surface area contributed by atoms with Gasteiger partial charge in [-0.25, -0.2) is 0 Å². The van der Waals surface area contributed by atoms with Crippen molar-refractivity contribution in [1.29, 1.82) is 0 Å². The molecule has 0 radical (unpaired) electrons. The van der Waals surface area contributed by atoms with Crippen molar-refractivity contribution < 1.29 is 9.84 Å². The molecule has 0 aliphatic carbocycles. The topological polar surface area (TPSA) is 41.8 Å². The zero-order valence-corrected chi connectivity index (χ0v) is 7.34. The van der Waals surface area contributed by atoms with Gasteiger partial charge in [-0.1, -0.05) is 30.3 Å². The first kappa shape index (κ1) is 9.32. The molecule has 0 heterocycles. The molecule has 1 rings (SSSR count). The minimum atomic E-state index is -0.202. The molecule has 1 aromatic carbocycles. The van der Waals surface area contributed by atoms with Crippen LogP contribution in [0.4, 0.5) is 0 Å². The SMILES string of the molecule is CO/C(O)=C\N=Cc1ccccc1. The molecule has 0 amide bonds. The third kappa shape index (κ3) is 3.42. The Kier molecular flexibility index (Phi) is 3.57. The summed E-state index contributed by atoms with van der Waals surface area (Å²) in [5.74, 6) is -0.202. The molecule has 1 N–H and O–H groups in total. The molecule has 0 aromatic heterocycles. The van der Waals surface area contributed by atoms with Gasteiger partial charge in [-0.2, -0.15) is 0 Å². The lowest BCUT2D eigenvalue weighted by Crippen LogP contribution is -1.82. The summed E-state index contributed by atoms with van der Waals surface area (Å²) in [4.78, 5) is 3.85. The lowest BCUT2D eigenvalue weighted by molar-refractivity contribution is 0.135. The summed E-state index contributed by atoms with van der Waals surface area (Å²) in [6, 6.07) is 9.60. The van der Waals surface area contributed by atoms with Gasteiger partial charge in [-0.3, -0.25) is 4.99 Å². The molecule has 0 saturated heterocycles. The maximum atomic E-state index is 8.86. The average Bonchev–Trinajstić information content (AvgIpc) is 2.19. The molecule has 0 aliphatic rings. The van der Waals surface area contributed by atoms with Crippen molar-refractivity contribution in [3.8, 4) is 0 Å². The third-order valence-electron chi connectivity index (χ3n) is 1.42. The van der Waals surface area contributed by atoms with Gasteiger partial charge >= 0.3 is 0 Å². The van der Waals surface area contributed by atoms with Crippen LogP contribution in [-0.2, 0) is 4.74 Å². The molecule has 1 aromatic rings. The van der Waals surface area contributed by atoms with Crippen LogP contribution in [0, 0.1) is 0 Å². The Morgan fingerprint density at radius 2 is 2.08 bits per heavy atom. The molecule has 68 valence electrons. The number of methoxy groups -OCH3 is 1. The molecule has 0 saturated carbocycles. The zero-order valence-electron chi connectivity index (χ0n) is 7.34. The molecule has 0 bridgehead atoms. The molecule has 0 aliphatic heterocycles. The van der Waals surface area contributed by atoms with Gasteiger partial charge in [0.2, 0.25) is 0 Å². The van der Waals surface area contributed by atoms with Crippen molar-refractivity contribution in [2.75, 3.05) is 7.11 Å². The van der Waals surface area contributed by atoms with Gasteiger partial charge in [0.1, 0.15) is 6.20 Å². The van der Waals surface area contributed by atoms with Crippen molar-refractivity contribution >= 4 is 6.21 Å². The van der Waals surface area contributed by atoms with Crippen LogP contribution in [0.15, 0.2) is 47.5 Å². The molecular weight excluding hydrogens is 166 g/mol. The summed E-state index contributed by atoms with van der Waals surface area (Å²) in [5, 5.41) is 8.86. The predicted octanol–water partition coefficient (Wildman–Crippen LogP) is 2.11. The van der Waals surface area contributed by atoms with Gasteiger partial charge in [-0.15, -0.1) is 0 Å². The second-order valence-corrected chi connectivity index (χ2v) is 2.36. The van der Waals surface area contributed by atoms with Crippen LogP contribution in [-0.4, -0.2) is 18.4 Å². The number of aliphatic hydroxyl groups excluding tert-OH is 1. The zero-order chi connectivity index (χ0) is 9.52.